The number of methoxy groups -OCH3 is 1. The molecule has 0 radical (unpaired) electrons. The van der Waals surface area contributed by atoms with Crippen LogP contribution in [-0.2, 0) is 16.0 Å². The molecule has 0 saturated heterocycles. The average molecular weight is 335 g/mol. The van der Waals surface area contributed by atoms with Gasteiger partial charge in [-0.15, -0.1) is 5.10 Å². The fourth-order valence-corrected chi connectivity index (χ4v) is 2.42. The Morgan fingerprint density at radius 1 is 1.30 bits per heavy atom. The zero-order chi connectivity index (χ0) is 16.8. The first-order chi connectivity index (χ1) is 11.0. The number of esters is 1. The third kappa shape index (κ3) is 4.26. The summed E-state index contributed by atoms with van der Waals surface area (Å²) in [7, 11) is 1.56. The van der Waals surface area contributed by atoms with Crippen LogP contribution in [0, 0.1) is 0 Å². The molecule has 1 N–H and O–H groups in total. The topological polar surface area (TPSA) is 90.4 Å². The standard InChI is InChI=1S/C15H17N3O4S/c1-4-12-13(23-18-17-12)15(20)22-9(2)14(19)16-10-5-7-11(21-3)8-6-10/h5-9H,4H2,1-3H3,(H,16,19)/t9-/m1/s1. The van der Waals surface area contributed by atoms with E-state index in [2.05, 4.69) is 14.9 Å². The summed E-state index contributed by atoms with van der Waals surface area (Å²) in [5.74, 6) is -0.319. The smallest absolute Gasteiger partial charge is 0.352 e. The van der Waals surface area contributed by atoms with Gasteiger partial charge in [-0.2, -0.15) is 0 Å². The number of carbonyl (C=O) groups is 2. The Bertz CT molecular complexity index is 684. The van der Waals surface area contributed by atoms with E-state index in [1.54, 1.807) is 31.4 Å². The molecular formula is C15H17N3O4S. The van der Waals surface area contributed by atoms with Crippen LogP contribution in [0.5, 0.6) is 5.75 Å². The van der Waals surface area contributed by atoms with Gasteiger partial charge in [-0.05, 0) is 49.1 Å². The summed E-state index contributed by atoms with van der Waals surface area (Å²) in [5.41, 5.74) is 1.16. The quantitative estimate of drug-likeness (QED) is 0.815. The summed E-state index contributed by atoms with van der Waals surface area (Å²) in [6, 6.07) is 6.85. The maximum atomic E-state index is 12.1. The van der Waals surface area contributed by atoms with Crippen LogP contribution in [0.25, 0.3) is 0 Å². The lowest BCUT2D eigenvalue weighted by molar-refractivity contribution is -0.123. The number of nitrogens with one attached hydrogen (secondary N) is 1. The van der Waals surface area contributed by atoms with Crippen molar-refractivity contribution in [3.05, 3.63) is 34.8 Å². The Hall–Kier alpha value is -2.48. The average Bonchev–Trinajstić information content (AvgIpc) is 3.04. The van der Waals surface area contributed by atoms with Crippen LogP contribution in [0.2, 0.25) is 0 Å². The minimum Gasteiger partial charge on any atom is -0.497 e. The molecule has 23 heavy (non-hydrogen) atoms. The fourth-order valence-electron chi connectivity index (χ4n) is 1.78. The molecule has 0 spiro atoms. The number of amides is 1. The number of nitrogens with zero attached hydrogens (tertiary/aromatic N) is 2. The summed E-state index contributed by atoms with van der Waals surface area (Å²) in [6.07, 6.45) is -0.357. The van der Waals surface area contributed by atoms with E-state index < -0.39 is 18.0 Å². The van der Waals surface area contributed by atoms with Crippen LogP contribution < -0.4 is 10.1 Å². The van der Waals surface area contributed by atoms with E-state index in [0.29, 0.717) is 28.4 Å². The highest BCUT2D eigenvalue weighted by Gasteiger charge is 2.22. The molecular weight excluding hydrogens is 318 g/mol. The Balaban J connectivity index is 1.95. The molecule has 1 amide bonds. The molecule has 1 aromatic heterocycles. The maximum absolute atomic E-state index is 12.1. The Morgan fingerprint density at radius 3 is 2.61 bits per heavy atom. The first-order valence-corrected chi connectivity index (χ1v) is 7.79. The first kappa shape index (κ1) is 16.9. The highest BCUT2D eigenvalue weighted by atomic mass is 32.1. The van der Waals surface area contributed by atoms with Crippen molar-refractivity contribution in [2.24, 2.45) is 0 Å². The number of benzene rings is 1. The predicted octanol–water partition coefficient (Wildman–Crippen LogP) is 2.29. The van der Waals surface area contributed by atoms with Crippen LogP contribution >= 0.6 is 11.5 Å². The Morgan fingerprint density at radius 2 is 2.00 bits per heavy atom. The van der Waals surface area contributed by atoms with E-state index in [-0.39, 0.29) is 0 Å². The second kappa shape index (κ2) is 7.68. The molecule has 1 aromatic carbocycles. The summed E-state index contributed by atoms with van der Waals surface area (Å²) in [5, 5.41) is 6.52. The van der Waals surface area contributed by atoms with E-state index in [4.69, 9.17) is 9.47 Å². The van der Waals surface area contributed by atoms with Gasteiger partial charge in [0, 0.05) is 5.69 Å². The van der Waals surface area contributed by atoms with E-state index in [1.807, 2.05) is 6.92 Å². The molecule has 0 aliphatic rings. The largest absolute Gasteiger partial charge is 0.497 e. The zero-order valence-corrected chi connectivity index (χ0v) is 13.8. The summed E-state index contributed by atoms with van der Waals surface area (Å²) in [4.78, 5) is 24.5. The van der Waals surface area contributed by atoms with Crippen molar-refractivity contribution in [1.82, 2.24) is 9.59 Å². The third-order valence-corrected chi connectivity index (χ3v) is 3.83. The van der Waals surface area contributed by atoms with Crippen molar-refractivity contribution < 1.29 is 19.1 Å². The van der Waals surface area contributed by atoms with Gasteiger partial charge in [0.2, 0.25) is 0 Å². The summed E-state index contributed by atoms with van der Waals surface area (Å²) >= 11 is 0.963. The van der Waals surface area contributed by atoms with E-state index in [1.165, 1.54) is 6.92 Å². The molecule has 8 heteroatoms. The van der Waals surface area contributed by atoms with Crippen LogP contribution in [0.3, 0.4) is 0 Å². The lowest BCUT2D eigenvalue weighted by Gasteiger charge is -2.13. The molecule has 2 aromatic rings. The van der Waals surface area contributed by atoms with Crippen LogP contribution in [0.1, 0.15) is 29.2 Å². The third-order valence-electron chi connectivity index (χ3n) is 3.09. The van der Waals surface area contributed by atoms with Crippen LogP contribution in [-0.4, -0.2) is 34.7 Å². The minimum absolute atomic E-state index is 0.330. The lowest BCUT2D eigenvalue weighted by atomic mass is 10.2. The van der Waals surface area contributed by atoms with E-state index >= 15 is 0 Å². The molecule has 122 valence electrons. The fraction of sp³-hybridized carbons (Fsp3) is 0.333. The number of aryl methyl sites for hydroxylation is 1. The molecule has 1 heterocycles. The van der Waals surface area contributed by atoms with Crippen LogP contribution in [0.15, 0.2) is 24.3 Å². The maximum Gasteiger partial charge on any atom is 0.352 e. The lowest BCUT2D eigenvalue weighted by Crippen LogP contribution is -2.30. The minimum atomic E-state index is -0.934. The number of hydrogen-bond donors (Lipinski definition) is 1. The Kier molecular flexibility index (Phi) is 5.64. The summed E-state index contributed by atoms with van der Waals surface area (Å²) in [6.45, 7) is 3.38. The number of anilines is 1. The predicted molar refractivity (Wildman–Crippen MR) is 85.8 cm³/mol. The van der Waals surface area contributed by atoms with Gasteiger partial charge in [-0.3, -0.25) is 4.79 Å². The van der Waals surface area contributed by atoms with Gasteiger partial charge in [0.1, 0.15) is 5.75 Å². The Labute approximate surface area is 137 Å². The number of aromatic nitrogens is 2. The first-order valence-electron chi connectivity index (χ1n) is 7.02. The van der Waals surface area contributed by atoms with Crippen molar-refractivity contribution in [2.45, 2.75) is 26.4 Å². The van der Waals surface area contributed by atoms with Gasteiger partial charge < -0.3 is 14.8 Å². The van der Waals surface area contributed by atoms with E-state index in [9.17, 15) is 9.59 Å². The van der Waals surface area contributed by atoms with Crippen molar-refractivity contribution in [3.63, 3.8) is 0 Å². The number of hydrogen-bond acceptors (Lipinski definition) is 7. The number of ether oxygens (including phenoxy) is 2. The highest BCUT2D eigenvalue weighted by molar-refractivity contribution is 7.07. The van der Waals surface area contributed by atoms with E-state index in [0.717, 1.165) is 11.5 Å². The van der Waals surface area contributed by atoms with Crippen molar-refractivity contribution in [2.75, 3.05) is 12.4 Å². The number of carbonyl (C=O) groups excluding carboxylic acids is 2. The van der Waals surface area contributed by atoms with Gasteiger partial charge in [-0.1, -0.05) is 11.4 Å². The number of rotatable bonds is 6. The molecule has 0 aliphatic carbocycles. The monoisotopic (exact) mass is 335 g/mol. The molecule has 0 aliphatic heterocycles. The van der Waals surface area contributed by atoms with Crippen LogP contribution in [0.4, 0.5) is 5.69 Å². The van der Waals surface area contributed by atoms with Gasteiger partial charge >= 0.3 is 5.97 Å². The molecule has 1 atom stereocenters. The molecule has 0 fully saturated rings. The second-order valence-corrected chi connectivity index (χ2v) is 5.42. The van der Waals surface area contributed by atoms with Crippen molar-refractivity contribution in [3.8, 4) is 5.75 Å². The van der Waals surface area contributed by atoms with Gasteiger partial charge in [0.15, 0.2) is 11.0 Å². The molecule has 2 rings (SSSR count). The van der Waals surface area contributed by atoms with Gasteiger partial charge in [0.25, 0.3) is 5.91 Å². The van der Waals surface area contributed by atoms with Crippen molar-refractivity contribution in [1.29, 1.82) is 0 Å². The molecule has 0 unspecified atom stereocenters. The zero-order valence-electron chi connectivity index (χ0n) is 13.0. The van der Waals surface area contributed by atoms with Gasteiger partial charge in [-0.25, -0.2) is 4.79 Å². The second-order valence-electron chi connectivity index (χ2n) is 4.67. The summed E-state index contributed by atoms with van der Waals surface area (Å²) < 4.78 is 13.9. The molecule has 7 nitrogen and oxygen atoms in total. The SMILES string of the molecule is CCc1nnsc1C(=O)O[C@H](C)C(=O)Nc1ccc(OC)cc1. The molecule has 0 bridgehead atoms. The van der Waals surface area contributed by atoms with Gasteiger partial charge in [0.05, 0.1) is 12.8 Å². The normalized spacial score (nSPS) is 11.6. The highest BCUT2D eigenvalue weighted by Crippen LogP contribution is 2.17. The molecule has 0 saturated carbocycles. The van der Waals surface area contributed by atoms with Crippen molar-refractivity contribution >= 4 is 29.1 Å².